The summed E-state index contributed by atoms with van der Waals surface area (Å²) in [5.74, 6) is 0. The Hall–Kier alpha value is -2.15. The first kappa shape index (κ1) is 11.9. The molecule has 0 amide bonds. The van der Waals surface area contributed by atoms with Gasteiger partial charge < -0.3 is 0 Å². The number of fused-ring (bicyclic) bond motifs is 1. The first-order valence-corrected chi connectivity index (χ1v) is 6.73. The van der Waals surface area contributed by atoms with E-state index in [1.165, 1.54) is 27.5 Å². The Morgan fingerprint density at radius 2 is 1.58 bits per heavy atom. The number of nitrogens with zero attached hydrogens (tertiary/aromatic N) is 1. The van der Waals surface area contributed by atoms with E-state index in [0.717, 1.165) is 12.1 Å². The number of hydrogen-bond donors (Lipinski definition) is 0. The third kappa shape index (κ3) is 2.12. The smallest absolute Gasteiger partial charge is 0.0780 e. The summed E-state index contributed by atoms with van der Waals surface area (Å²) in [6.07, 6.45) is 3.03. The van der Waals surface area contributed by atoms with Crippen LogP contribution in [0.1, 0.15) is 18.1 Å². The fourth-order valence-electron chi connectivity index (χ4n) is 2.47. The van der Waals surface area contributed by atoms with Gasteiger partial charge in [-0.2, -0.15) is 0 Å². The molecular formula is C18H17N. The number of aromatic nitrogens is 1. The first-order chi connectivity index (χ1) is 9.29. The average molecular weight is 247 g/mol. The maximum Gasteiger partial charge on any atom is 0.0780 e. The molecule has 0 aliphatic carbocycles. The van der Waals surface area contributed by atoms with Crippen molar-refractivity contribution < 1.29 is 0 Å². The second-order valence-electron chi connectivity index (χ2n) is 4.90. The molecule has 0 spiro atoms. The Morgan fingerprint density at radius 1 is 0.895 bits per heavy atom. The Balaban J connectivity index is 2.27. The molecule has 0 atom stereocenters. The molecule has 19 heavy (non-hydrogen) atoms. The molecule has 0 saturated carbocycles. The van der Waals surface area contributed by atoms with Crippen LogP contribution < -0.4 is 0 Å². The van der Waals surface area contributed by atoms with E-state index in [1.807, 2.05) is 6.20 Å². The van der Waals surface area contributed by atoms with Gasteiger partial charge in [0.25, 0.3) is 0 Å². The molecule has 1 aromatic heterocycles. The number of benzene rings is 2. The molecule has 2 aromatic carbocycles. The maximum absolute atomic E-state index is 4.68. The van der Waals surface area contributed by atoms with Crippen LogP contribution in [0.3, 0.4) is 0 Å². The minimum absolute atomic E-state index is 1.02. The second kappa shape index (κ2) is 4.85. The van der Waals surface area contributed by atoms with Gasteiger partial charge in [0.15, 0.2) is 0 Å². The lowest BCUT2D eigenvalue weighted by atomic mass is 9.99. The lowest BCUT2D eigenvalue weighted by molar-refractivity contribution is 1.13. The van der Waals surface area contributed by atoms with Gasteiger partial charge >= 0.3 is 0 Å². The third-order valence-corrected chi connectivity index (χ3v) is 3.58. The van der Waals surface area contributed by atoms with Crippen molar-refractivity contribution in [1.29, 1.82) is 0 Å². The molecule has 1 heteroatoms. The van der Waals surface area contributed by atoms with Crippen molar-refractivity contribution in [2.45, 2.75) is 20.3 Å². The van der Waals surface area contributed by atoms with E-state index >= 15 is 0 Å². The molecule has 3 rings (SSSR count). The highest BCUT2D eigenvalue weighted by Crippen LogP contribution is 2.28. The number of aryl methyl sites for hydroxylation is 2. The number of rotatable bonds is 2. The van der Waals surface area contributed by atoms with Gasteiger partial charge in [0.05, 0.1) is 5.69 Å². The monoisotopic (exact) mass is 247 g/mol. The van der Waals surface area contributed by atoms with E-state index < -0.39 is 0 Å². The van der Waals surface area contributed by atoms with Crippen LogP contribution in [0.4, 0.5) is 0 Å². The van der Waals surface area contributed by atoms with E-state index in [1.54, 1.807) is 0 Å². The molecule has 0 fully saturated rings. The number of hydrogen-bond acceptors (Lipinski definition) is 1. The fraction of sp³-hybridized carbons (Fsp3) is 0.167. The highest BCUT2D eigenvalue weighted by atomic mass is 14.7. The van der Waals surface area contributed by atoms with Gasteiger partial charge in [-0.25, -0.2) is 0 Å². The molecular weight excluding hydrogens is 230 g/mol. The predicted octanol–water partition coefficient (Wildman–Crippen LogP) is 4.77. The molecule has 0 unspecified atom stereocenters. The van der Waals surface area contributed by atoms with Crippen molar-refractivity contribution in [3.8, 4) is 11.3 Å². The Kier molecular flexibility index (Phi) is 3.04. The van der Waals surface area contributed by atoms with Crippen LogP contribution in [-0.4, -0.2) is 4.98 Å². The molecule has 94 valence electrons. The predicted molar refractivity (Wildman–Crippen MR) is 81.3 cm³/mol. The van der Waals surface area contributed by atoms with Crippen LogP contribution in [0.5, 0.6) is 0 Å². The SMILES string of the molecule is CCc1cnc(-c2ccc(C)cc2)c2ccccc12. The molecule has 0 bridgehead atoms. The molecule has 1 nitrogen and oxygen atoms in total. The molecule has 3 aromatic rings. The second-order valence-corrected chi connectivity index (χ2v) is 4.90. The highest BCUT2D eigenvalue weighted by molar-refractivity contribution is 5.96. The summed E-state index contributed by atoms with van der Waals surface area (Å²) >= 11 is 0. The molecule has 1 heterocycles. The molecule has 0 saturated heterocycles. The zero-order chi connectivity index (χ0) is 13.2. The van der Waals surface area contributed by atoms with Crippen LogP contribution >= 0.6 is 0 Å². The zero-order valence-corrected chi connectivity index (χ0v) is 11.4. The average Bonchev–Trinajstić information content (AvgIpc) is 2.47. The summed E-state index contributed by atoms with van der Waals surface area (Å²) in [5.41, 5.74) is 4.85. The molecule has 0 N–H and O–H groups in total. The summed E-state index contributed by atoms with van der Waals surface area (Å²) in [6.45, 7) is 4.28. The molecule has 0 aliphatic heterocycles. The van der Waals surface area contributed by atoms with E-state index in [0.29, 0.717) is 0 Å². The zero-order valence-electron chi connectivity index (χ0n) is 11.4. The highest BCUT2D eigenvalue weighted by Gasteiger charge is 2.07. The normalized spacial score (nSPS) is 10.8. The summed E-state index contributed by atoms with van der Waals surface area (Å²) in [5, 5.41) is 2.56. The van der Waals surface area contributed by atoms with Crippen molar-refractivity contribution >= 4 is 10.8 Å². The van der Waals surface area contributed by atoms with Crippen molar-refractivity contribution in [2.75, 3.05) is 0 Å². The van der Waals surface area contributed by atoms with Crippen molar-refractivity contribution in [1.82, 2.24) is 4.98 Å². The fourth-order valence-corrected chi connectivity index (χ4v) is 2.47. The Morgan fingerprint density at radius 3 is 2.26 bits per heavy atom. The van der Waals surface area contributed by atoms with Crippen molar-refractivity contribution in [3.63, 3.8) is 0 Å². The van der Waals surface area contributed by atoms with E-state index in [2.05, 4.69) is 67.4 Å². The maximum atomic E-state index is 4.68. The summed E-state index contributed by atoms with van der Waals surface area (Å²) in [4.78, 5) is 4.68. The van der Waals surface area contributed by atoms with Crippen LogP contribution in [0.15, 0.2) is 54.7 Å². The van der Waals surface area contributed by atoms with E-state index in [-0.39, 0.29) is 0 Å². The van der Waals surface area contributed by atoms with Gasteiger partial charge in [0, 0.05) is 17.1 Å². The van der Waals surface area contributed by atoms with Gasteiger partial charge in [-0.05, 0) is 24.3 Å². The van der Waals surface area contributed by atoms with Gasteiger partial charge in [-0.1, -0.05) is 61.0 Å². The Labute approximate surface area is 113 Å². The Bertz CT molecular complexity index is 711. The summed E-state index contributed by atoms with van der Waals surface area (Å²) < 4.78 is 0. The van der Waals surface area contributed by atoms with Crippen molar-refractivity contribution in [2.24, 2.45) is 0 Å². The lowest BCUT2D eigenvalue weighted by Crippen LogP contribution is -1.91. The minimum atomic E-state index is 1.02. The van der Waals surface area contributed by atoms with Crippen molar-refractivity contribution in [3.05, 3.63) is 65.9 Å². The standard InChI is InChI=1S/C18H17N/c1-3-14-12-19-18(15-10-8-13(2)9-11-15)17-7-5-4-6-16(14)17/h4-12H,3H2,1-2H3. The van der Waals surface area contributed by atoms with E-state index in [4.69, 9.17) is 0 Å². The summed E-state index contributed by atoms with van der Waals surface area (Å²) in [7, 11) is 0. The van der Waals surface area contributed by atoms with E-state index in [9.17, 15) is 0 Å². The third-order valence-electron chi connectivity index (χ3n) is 3.58. The van der Waals surface area contributed by atoms with Gasteiger partial charge in [-0.3, -0.25) is 4.98 Å². The van der Waals surface area contributed by atoms with Gasteiger partial charge in [-0.15, -0.1) is 0 Å². The topological polar surface area (TPSA) is 12.9 Å². The van der Waals surface area contributed by atoms with Crippen LogP contribution in [0, 0.1) is 6.92 Å². The quantitative estimate of drug-likeness (QED) is 0.635. The summed E-state index contributed by atoms with van der Waals surface area (Å²) in [6, 6.07) is 17.1. The molecule has 0 aliphatic rings. The first-order valence-electron chi connectivity index (χ1n) is 6.73. The largest absolute Gasteiger partial charge is 0.255 e. The lowest BCUT2D eigenvalue weighted by Gasteiger charge is -2.09. The number of pyridine rings is 1. The van der Waals surface area contributed by atoms with Gasteiger partial charge in [0.1, 0.15) is 0 Å². The van der Waals surface area contributed by atoms with Gasteiger partial charge in [0.2, 0.25) is 0 Å². The van der Waals surface area contributed by atoms with Crippen LogP contribution in [0.2, 0.25) is 0 Å². The van der Waals surface area contributed by atoms with Crippen LogP contribution in [-0.2, 0) is 6.42 Å². The van der Waals surface area contributed by atoms with Crippen LogP contribution in [0.25, 0.3) is 22.0 Å². The molecule has 0 radical (unpaired) electrons. The minimum Gasteiger partial charge on any atom is -0.255 e.